The van der Waals surface area contributed by atoms with E-state index in [4.69, 9.17) is 15.1 Å². The second-order valence-electron chi connectivity index (χ2n) is 0.307. The zero-order valence-electron chi connectivity index (χ0n) is 2.87. The molecule has 2 N–H and O–H groups in total. The molecule has 0 aromatic carbocycles. The Balaban J connectivity index is -0.0000000450. The van der Waals surface area contributed by atoms with Gasteiger partial charge in [0.1, 0.15) is 0 Å². The Morgan fingerprint density at radius 3 is 1.33 bits per heavy atom. The van der Waals surface area contributed by atoms with Crippen molar-refractivity contribution in [3.63, 3.8) is 0 Å². The van der Waals surface area contributed by atoms with Crippen molar-refractivity contribution in [2.75, 3.05) is 0 Å². The summed E-state index contributed by atoms with van der Waals surface area (Å²) >= 11 is 0. The van der Waals surface area contributed by atoms with Gasteiger partial charge in [0.15, 0.2) is 0 Å². The normalized spacial score (nSPS) is 4.50. The maximum atomic E-state index is 8.53. The molecule has 0 saturated carbocycles. The minimum atomic E-state index is -2.67. The smallest absolute Gasteiger partial charge is 0.871 e. The zero-order valence-corrected chi connectivity index (χ0v) is 4.02. The SMILES string of the molecule is [Al+3].[O-]B([O-])O.[OH-]. The van der Waals surface area contributed by atoms with Crippen LogP contribution in [0.5, 0.6) is 0 Å². The predicted molar refractivity (Wildman–Crippen MR) is 15.7 cm³/mol. The average Bonchev–Trinajstić information content (AvgIpc) is 0.811. The van der Waals surface area contributed by atoms with E-state index in [1.54, 1.807) is 0 Å². The fourth-order valence-corrected chi connectivity index (χ4v) is 0. The van der Waals surface area contributed by atoms with E-state index in [0.29, 0.717) is 0 Å². The third kappa shape index (κ3) is 274. The van der Waals surface area contributed by atoms with Crippen LogP contribution in [0.15, 0.2) is 0 Å². The molecule has 0 fully saturated rings. The van der Waals surface area contributed by atoms with Crippen LogP contribution in [0.2, 0.25) is 0 Å². The summed E-state index contributed by atoms with van der Waals surface area (Å²) in [4.78, 5) is 0. The molecule has 0 aromatic rings. The first-order chi connectivity index (χ1) is 1.73. The maximum absolute atomic E-state index is 8.53. The van der Waals surface area contributed by atoms with Crippen LogP contribution in [-0.2, 0) is 0 Å². The first-order valence-electron chi connectivity index (χ1n) is 0.730. The predicted octanol–water partition coefficient (Wildman–Crippen LogP) is -3.87. The van der Waals surface area contributed by atoms with E-state index < -0.39 is 7.32 Å². The van der Waals surface area contributed by atoms with Gasteiger partial charge >= 0.3 is 17.4 Å². The van der Waals surface area contributed by atoms with Gasteiger partial charge in [0.2, 0.25) is 0 Å². The van der Waals surface area contributed by atoms with Crippen molar-refractivity contribution in [3.8, 4) is 0 Å². The van der Waals surface area contributed by atoms with Crippen molar-refractivity contribution >= 4 is 24.7 Å². The molecule has 0 saturated heterocycles. The van der Waals surface area contributed by atoms with Crippen LogP contribution in [-0.4, -0.2) is 35.2 Å². The molecular weight excluding hydrogens is 102 g/mol. The van der Waals surface area contributed by atoms with Gasteiger partial charge in [0.05, 0.1) is 7.32 Å². The van der Waals surface area contributed by atoms with E-state index in [9.17, 15) is 0 Å². The van der Waals surface area contributed by atoms with E-state index in [-0.39, 0.29) is 22.8 Å². The van der Waals surface area contributed by atoms with E-state index in [1.807, 2.05) is 0 Å². The molecule has 0 unspecified atom stereocenters. The summed E-state index contributed by atoms with van der Waals surface area (Å²) < 4.78 is 0. The largest absolute Gasteiger partial charge is 3.00 e. The minimum Gasteiger partial charge on any atom is -0.871 e. The monoisotopic (exact) mass is 104 g/mol. The van der Waals surface area contributed by atoms with Crippen molar-refractivity contribution in [2.24, 2.45) is 0 Å². The van der Waals surface area contributed by atoms with Gasteiger partial charge in [-0.25, -0.2) is 0 Å². The second-order valence-corrected chi connectivity index (χ2v) is 0.307. The van der Waals surface area contributed by atoms with Gasteiger partial charge in [0.25, 0.3) is 0 Å². The first kappa shape index (κ1) is 16.1. The number of hydrogen-bond donors (Lipinski definition) is 1. The van der Waals surface area contributed by atoms with E-state index in [2.05, 4.69) is 0 Å². The third-order valence-corrected chi connectivity index (χ3v) is 0. The summed E-state index contributed by atoms with van der Waals surface area (Å²) in [5, 5.41) is 24.0. The molecule has 0 aromatic heterocycles. The van der Waals surface area contributed by atoms with Crippen LogP contribution in [0.1, 0.15) is 0 Å². The van der Waals surface area contributed by atoms with Crippen molar-refractivity contribution < 1.29 is 20.5 Å². The van der Waals surface area contributed by atoms with Crippen molar-refractivity contribution in [1.29, 1.82) is 0 Å². The van der Waals surface area contributed by atoms with Crippen LogP contribution in [0, 0.1) is 0 Å². The molecule has 4 nitrogen and oxygen atoms in total. The Bertz CT molecular complexity index is 12.3. The molecule has 0 rings (SSSR count). The quantitative estimate of drug-likeness (QED) is 0.318. The Morgan fingerprint density at radius 1 is 1.33 bits per heavy atom. The Labute approximate surface area is 46.0 Å². The van der Waals surface area contributed by atoms with Crippen LogP contribution in [0.25, 0.3) is 0 Å². The zero-order chi connectivity index (χ0) is 3.58. The van der Waals surface area contributed by atoms with Gasteiger partial charge in [-0.05, 0) is 0 Å². The molecule has 0 amide bonds. The molecule has 0 atom stereocenters. The molecule has 32 valence electrons. The van der Waals surface area contributed by atoms with Crippen molar-refractivity contribution in [2.45, 2.75) is 0 Å². The van der Waals surface area contributed by atoms with E-state index in [1.165, 1.54) is 0 Å². The topological polar surface area (TPSA) is 96.3 Å². The molecule has 0 aliphatic heterocycles. The van der Waals surface area contributed by atoms with Gasteiger partial charge in [-0.2, -0.15) is 0 Å². The first-order valence-corrected chi connectivity index (χ1v) is 0.730. The summed E-state index contributed by atoms with van der Waals surface area (Å²) in [5.74, 6) is 0. The number of hydrogen-bond acceptors (Lipinski definition) is 4. The fraction of sp³-hybridized carbons (Fsp3) is 0. The molecule has 0 radical (unpaired) electrons. The van der Waals surface area contributed by atoms with E-state index >= 15 is 0 Å². The minimum absolute atomic E-state index is 0. The van der Waals surface area contributed by atoms with Gasteiger partial charge in [-0.15, -0.1) is 0 Å². The maximum Gasteiger partial charge on any atom is 3.00 e. The van der Waals surface area contributed by atoms with Crippen molar-refractivity contribution in [1.82, 2.24) is 0 Å². The Morgan fingerprint density at radius 2 is 1.33 bits per heavy atom. The van der Waals surface area contributed by atoms with Gasteiger partial charge in [-0.3, -0.25) is 0 Å². The van der Waals surface area contributed by atoms with E-state index in [0.717, 1.165) is 0 Å². The average molecular weight is 104 g/mol. The van der Waals surface area contributed by atoms with Gasteiger partial charge in [0, 0.05) is 0 Å². The molecule has 0 spiro atoms. The summed E-state index contributed by atoms with van der Waals surface area (Å²) in [6.07, 6.45) is 0. The summed E-state index contributed by atoms with van der Waals surface area (Å²) in [5.41, 5.74) is 0. The molecule has 0 aliphatic rings. The molecule has 0 bridgehead atoms. The van der Waals surface area contributed by atoms with Crippen molar-refractivity contribution in [3.05, 3.63) is 0 Å². The Kier molecular flexibility index (Phi) is 24.3. The molecule has 6 heavy (non-hydrogen) atoms. The summed E-state index contributed by atoms with van der Waals surface area (Å²) in [6.45, 7) is 0. The van der Waals surface area contributed by atoms with Crippen LogP contribution in [0.4, 0.5) is 0 Å². The van der Waals surface area contributed by atoms with Crippen LogP contribution in [0.3, 0.4) is 0 Å². The Hall–Kier alpha value is 0.437. The summed E-state index contributed by atoms with van der Waals surface area (Å²) in [6, 6.07) is 0. The second kappa shape index (κ2) is 9.06. The number of rotatable bonds is 0. The van der Waals surface area contributed by atoms with Crippen LogP contribution >= 0.6 is 0 Å². The van der Waals surface area contributed by atoms with Gasteiger partial charge in [-0.1, -0.05) is 0 Å². The molecule has 0 heterocycles. The molecule has 6 heteroatoms. The summed E-state index contributed by atoms with van der Waals surface area (Å²) in [7, 11) is -2.67. The molecular formula is H2AlBO4. The molecule has 0 aliphatic carbocycles. The van der Waals surface area contributed by atoms with Gasteiger partial charge < -0.3 is 20.5 Å². The standard InChI is InChI=1S/Al.BHO3.H2O/c;2-1(3)4;/h;2H;1H2/q+3;-2;/p-1. The van der Waals surface area contributed by atoms with Crippen LogP contribution < -0.4 is 10.0 Å². The fourth-order valence-electron chi connectivity index (χ4n) is 0. The third-order valence-electron chi connectivity index (χ3n) is 0.